The highest BCUT2D eigenvalue weighted by molar-refractivity contribution is 5.17. The van der Waals surface area contributed by atoms with Crippen molar-refractivity contribution in [1.82, 2.24) is 4.90 Å². The standard InChI is InChI=1S/C23H27NO4/c1-4-12-23(25,13-5-2)22-11-10-21(28-22)17-24(15-19-7-6-14-26-19)16-20-9-8-18(3)27-20/h4-11,14,25H,1-2,12-13,15-17H2,3H3. The summed E-state index contributed by atoms with van der Waals surface area (Å²) in [6.07, 6.45) is 5.84. The lowest BCUT2D eigenvalue weighted by Crippen LogP contribution is -2.24. The second kappa shape index (κ2) is 8.95. The van der Waals surface area contributed by atoms with E-state index >= 15 is 0 Å². The summed E-state index contributed by atoms with van der Waals surface area (Å²) < 4.78 is 17.2. The van der Waals surface area contributed by atoms with Gasteiger partial charge in [0.1, 0.15) is 34.4 Å². The molecule has 0 aromatic carbocycles. The van der Waals surface area contributed by atoms with Crippen molar-refractivity contribution >= 4 is 0 Å². The highest BCUT2D eigenvalue weighted by atomic mass is 16.4. The fourth-order valence-corrected chi connectivity index (χ4v) is 3.28. The van der Waals surface area contributed by atoms with Crippen LogP contribution in [0, 0.1) is 6.92 Å². The Morgan fingerprint density at radius 3 is 2.14 bits per heavy atom. The van der Waals surface area contributed by atoms with Gasteiger partial charge in [0.05, 0.1) is 25.9 Å². The Hall–Kier alpha value is -2.76. The zero-order chi connectivity index (χ0) is 20.0. The third-order valence-corrected chi connectivity index (χ3v) is 4.60. The lowest BCUT2D eigenvalue weighted by molar-refractivity contribution is 0.0185. The first-order valence-corrected chi connectivity index (χ1v) is 9.36. The Labute approximate surface area is 165 Å². The molecule has 0 fully saturated rings. The molecule has 3 heterocycles. The highest BCUT2D eigenvalue weighted by Gasteiger charge is 2.30. The van der Waals surface area contributed by atoms with Crippen LogP contribution in [0.1, 0.15) is 41.6 Å². The lowest BCUT2D eigenvalue weighted by atomic mass is 9.93. The van der Waals surface area contributed by atoms with Gasteiger partial charge in [0.15, 0.2) is 0 Å². The summed E-state index contributed by atoms with van der Waals surface area (Å²) in [6.45, 7) is 11.2. The van der Waals surface area contributed by atoms with E-state index in [2.05, 4.69) is 18.1 Å². The number of aliphatic hydroxyl groups is 1. The van der Waals surface area contributed by atoms with E-state index in [9.17, 15) is 5.11 Å². The first kappa shape index (κ1) is 20.0. The van der Waals surface area contributed by atoms with Crippen LogP contribution in [0.15, 0.2) is 81.2 Å². The number of hydrogen-bond donors (Lipinski definition) is 1. The molecular formula is C23H27NO4. The van der Waals surface area contributed by atoms with Crippen molar-refractivity contribution < 1.29 is 18.4 Å². The van der Waals surface area contributed by atoms with Crippen LogP contribution in [0.3, 0.4) is 0 Å². The molecule has 0 amide bonds. The number of aryl methyl sites for hydroxylation is 1. The van der Waals surface area contributed by atoms with Gasteiger partial charge in [0.25, 0.3) is 0 Å². The molecule has 28 heavy (non-hydrogen) atoms. The van der Waals surface area contributed by atoms with Gasteiger partial charge in [-0.2, -0.15) is 0 Å². The average molecular weight is 381 g/mol. The van der Waals surface area contributed by atoms with Gasteiger partial charge in [0, 0.05) is 12.8 Å². The van der Waals surface area contributed by atoms with Gasteiger partial charge in [-0.15, -0.1) is 13.2 Å². The summed E-state index contributed by atoms with van der Waals surface area (Å²) in [6, 6.07) is 11.5. The van der Waals surface area contributed by atoms with E-state index < -0.39 is 5.60 Å². The summed E-state index contributed by atoms with van der Waals surface area (Å²) in [5, 5.41) is 10.9. The Bertz CT molecular complexity index is 878. The summed E-state index contributed by atoms with van der Waals surface area (Å²) in [5.41, 5.74) is -1.12. The van der Waals surface area contributed by atoms with E-state index in [1.165, 1.54) is 0 Å². The minimum Gasteiger partial charge on any atom is -0.468 e. The first-order valence-electron chi connectivity index (χ1n) is 9.36. The van der Waals surface area contributed by atoms with Crippen LogP contribution in [0.5, 0.6) is 0 Å². The Morgan fingerprint density at radius 2 is 1.57 bits per heavy atom. The molecule has 1 N–H and O–H groups in total. The van der Waals surface area contributed by atoms with Crippen molar-refractivity contribution in [2.75, 3.05) is 0 Å². The predicted molar refractivity (Wildman–Crippen MR) is 107 cm³/mol. The zero-order valence-corrected chi connectivity index (χ0v) is 16.3. The number of hydrogen-bond acceptors (Lipinski definition) is 5. The number of nitrogens with zero attached hydrogens (tertiary/aromatic N) is 1. The molecule has 3 aromatic heterocycles. The van der Waals surface area contributed by atoms with Crippen LogP contribution in [0.25, 0.3) is 0 Å². The van der Waals surface area contributed by atoms with Crippen LogP contribution in [-0.2, 0) is 25.2 Å². The molecule has 0 aliphatic rings. The van der Waals surface area contributed by atoms with Crippen LogP contribution in [-0.4, -0.2) is 10.0 Å². The van der Waals surface area contributed by atoms with E-state index in [0.717, 1.165) is 23.0 Å². The van der Waals surface area contributed by atoms with Gasteiger partial charge in [-0.3, -0.25) is 4.90 Å². The van der Waals surface area contributed by atoms with Gasteiger partial charge in [0.2, 0.25) is 0 Å². The zero-order valence-electron chi connectivity index (χ0n) is 16.3. The van der Waals surface area contributed by atoms with E-state index in [1.54, 1.807) is 18.4 Å². The Balaban J connectivity index is 1.77. The van der Waals surface area contributed by atoms with Crippen LogP contribution in [0.2, 0.25) is 0 Å². The van der Waals surface area contributed by atoms with E-state index in [1.807, 2.05) is 43.3 Å². The van der Waals surface area contributed by atoms with Crippen LogP contribution >= 0.6 is 0 Å². The molecule has 5 heteroatoms. The second-order valence-electron chi connectivity index (χ2n) is 7.02. The minimum atomic E-state index is -1.12. The summed E-state index contributed by atoms with van der Waals surface area (Å²) >= 11 is 0. The van der Waals surface area contributed by atoms with Crippen molar-refractivity contribution in [2.24, 2.45) is 0 Å². The lowest BCUT2D eigenvalue weighted by Gasteiger charge is -2.23. The Kier molecular flexibility index (Phi) is 6.39. The largest absolute Gasteiger partial charge is 0.468 e. The maximum absolute atomic E-state index is 10.9. The van der Waals surface area contributed by atoms with Gasteiger partial charge in [-0.1, -0.05) is 12.2 Å². The molecular weight excluding hydrogens is 354 g/mol. The molecule has 0 spiro atoms. The molecule has 0 saturated carbocycles. The molecule has 5 nitrogen and oxygen atoms in total. The van der Waals surface area contributed by atoms with Gasteiger partial charge in [-0.25, -0.2) is 0 Å². The Morgan fingerprint density at radius 1 is 0.929 bits per heavy atom. The molecule has 0 aliphatic carbocycles. The summed E-state index contributed by atoms with van der Waals surface area (Å²) in [7, 11) is 0. The number of furan rings is 3. The molecule has 0 aliphatic heterocycles. The van der Waals surface area contributed by atoms with Crippen molar-refractivity contribution in [3.63, 3.8) is 0 Å². The fourth-order valence-electron chi connectivity index (χ4n) is 3.28. The first-order chi connectivity index (χ1) is 13.5. The molecule has 0 saturated heterocycles. The van der Waals surface area contributed by atoms with Crippen molar-refractivity contribution in [3.8, 4) is 0 Å². The molecule has 0 radical (unpaired) electrons. The maximum Gasteiger partial charge on any atom is 0.136 e. The molecule has 3 aromatic rings. The SMILES string of the molecule is C=CCC(O)(CC=C)c1ccc(CN(Cc2ccco2)Cc2ccc(C)o2)o1. The van der Waals surface area contributed by atoms with Crippen LogP contribution in [0.4, 0.5) is 0 Å². The molecule has 3 rings (SSSR count). The predicted octanol–water partition coefficient (Wildman–Crippen LogP) is 5.32. The van der Waals surface area contributed by atoms with Crippen LogP contribution < -0.4 is 0 Å². The normalized spacial score (nSPS) is 11.8. The third kappa shape index (κ3) is 4.94. The van der Waals surface area contributed by atoms with Crippen molar-refractivity contribution in [3.05, 3.63) is 96.8 Å². The molecule has 0 bridgehead atoms. The third-order valence-electron chi connectivity index (χ3n) is 4.60. The summed E-state index contributed by atoms with van der Waals surface area (Å²) in [5.74, 6) is 3.91. The van der Waals surface area contributed by atoms with E-state index in [4.69, 9.17) is 13.3 Å². The quantitative estimate of drug-likeness (QED) is 0.456. The number of rotatable bonds is 11. The minimum absolute atomic E-state index is 0.397. The van der Waals surface area contributed by atoms with Gasteiger partial charge in [-0.05, 0) is 43.3 Å². The smallest absolute Gasteiger partial charge is 0.136 e. The van der Waals surface area contributed by atoms with Gasteiger partial charge >= 0.3 is 0 Å². The molecule has 148 valence electrons. The summed E-state index contributed by atoms with van der Waals surface area (Å²) in [4.78, 5) is 2.17. The average Bonchev–Trinajstić information content (AvgIpc) is 3.39. The molecule has 0 unspecified atom stereocenters. The molecule has 0 atom stereocenters. The second-order valence-corrected chi connectivity index (χ2v) is 7.02. The van der Waals surface area contributed by atoms with Crippen molar-refractivity contribution in [2.45, 2.75) is 45.0 Å². The topological polar surface area (TPSA) is 62.9 Å². The maximum atomic E-state index is 10.9. The van der Waals surface area contributed by atoms with E-state index in [-0.39, 0.29) is 0 Å². The monoisotopic (exact) mass is 381 g/mol. The highest BCUT2D eigenvalue weighted by Crippen LogP contribution is 2.31. The van der Waals surface area contributed by atoms with Gasteiger partial charge < -0.3 is 18.4 Å². The van der Waals surface area contributed by atoms with Crippen molar-refractivity contribution in [1.29, 1.82) is 0 Å². The van der Waals surface area contributed by atoms with E-state index in [0.29, 0.717) is 38.2 Å². The fraction of sp³-hybridized carbons (Fsp3) is 0.304.